The van der Waals surface area contributed by atoms with Gasteiger partial charge >= 0.3 is 0 Å². The third kappa shape index (κ3) is 4.38. The van der Waals surface area contributed by atoms with Gasteiger partial charge in [0, 0.05) is 6.54 Å². The molecule has 0 radical (unpaired) electrons. The van der Waals surface area contributed by atoms with Crippen LogP contribution in [0.1, 0.15) is 27.7 Å². The molecule has 0 aromatic carbocycles. The highest BCUT2D eigenvalue weighted by molar-refractivity contribution is 4.73. The van der Waals surface area contributed by atoms with E-state index in [1.165, 1.54) is 0 Å². The van der Waals surface area contributed by atoms with Crippen molar-refractivity contribution in [2.45, 2.75) is 27.7 Å². The van der Waals surface area contributed by atoms with Crippen LogP contribution < -0.4 is 5.73 Å². The first kappa shape index (κ1) is 10.9. The lowest BCUT2D eigenvalue weighted by Crippen LogP contribution is -2.38. The van der Waals surface area contributed by atoms with Gasteiger partial charge < -0.3 is 10.6 Å². The fourth-order valence-corrected chi connectivity index (χ4v) is 1.12. The first-order chi connectivity index (χ1) is 5.05. The lowest BCUT2D eigenvalue weighted by Gasteiger charge is -2.29. The van der Waals surface area contributed by atoms with Crippen molar-refractivity contribution < 1.29 is 0 Å². The summed E-state index contributed by atoms with van der Waals surface area (Å²) in [5.74, 6) is 0. The minimum absolute atomic E-state index is 0.270. The lowest BCUT2D eigenvalue weighted by atomic mass is 9.93. The van der Waals surface area contributed by atoms with Gasteiger partial charge in [-0.05, 0) is 25.0 Å². The first-order valence-electron chi connectivity index (χ1n) is 4.48. The van der Waals surface area contributed by atoms with E-state index in [4.69, 9.17) is 5.73 Å². The maximum atomic E-state index is 5.64. The largest absolute Gasteiger partial charge is 0.330 e. The Kier molecular flexibility index (Phi) is 4.69. The van der Waals surface area contributed by atoms with Crippen LogP contribution in [-0.4, -0.2) is 31.1 Å². The van der Waals surface area contributed by atoms with Gasteiger partial charge in [0.1, 0.15) is 0 Å². The Morgan fingerprint density at radius 3 is 1.91 bits per heavy atom. The summed E-state index contributed by atoms with van der Waals surface area (Å²) in [6.07, 6.45) is 0. The van der Waals surface area contributed by atoms with Crippen molar-refractivity contribution in [2.75, 3.05) is 26.2 Å². The van der Waals surface area contributed by atoms with Crippen molar-refractivity contribution in [1.29, 1.82) is 0 Å². The van der Waals surface area contributed by atoms with Gasteiger partial charge in [-0.15, -0.1) is 0 Å². The van der Waals surface area contributed by atoms with Crippen molar-refractivity contribution in [3.63, 3.8) is 0 Å². The maximum Gasteiger partial charge on any atom is 0.00445 e. The third-order valence-electron chi connectivity index (χ3n) is 2.10. The summed E-state index contributed by atoms with van der Waals surface area (Å²) < 4.78 is 0. The normalized spacial score (nSPS) is 12.5. The van der Waals surface area contributed by atoms with Crippen molar-refractivity contribution in [3.05, 3.63) is 0 Å². The summed E-state index contributed by atoms with van der Waals surface area (Å²) in [6, 6.07) is 0. The van der Waals surface area contributed by atoms with Gasteiger partial charge in [-0.25, -0.2) is 0 Å². The van der Waals surface area contributed by atoms with Crippen molar-refractivity contribution >= 4 is 0 Å². The minimum Gasteiger partial charge on any atom is -0.330 e. The molecule has 0 fully saturated rings. The number of hydrogen-bond acceptors (Lipinski definition) is 2. The van der Waals surface area contributed by atoms with E-state index >= 15 is 0 Å². The van der Waals surface area contributed by atoms with E-state index in [0.717, 1.165) is 26.2 Å². The van der Waals surface area contributed by atoms with Crippen LogP contribution >= 0.6 is 0 Å². The summed E-state index contributed by atoms with van der Waals surface area (Å²) in [5.41, 5.74) is 5.91. The van der Waals surface area contributed by atoms with E-state index in [-0.39, 0.29) is 5.41 Å². The van der Waals surface area contributed by atoms with Gasteiger partial charge in [0.15, 0.2) is 0 Å². The van der Waals surface area contributed by atoms with Crippen LogP contribution in [0, 0.1) is 5.41 Å². The molecule has 0 heterocycles. The second kappa shape index (κ2) is 4.73. The molecule has 0 unspecified atom stereocenters. The smallest absolute Gasteiger partial charge is 0.00445 e. The van der Waals surface area contributed by atoms with E-state index in [9.17, 15) is 0 Å². The van der Waals surface area contributed by atoms with E-state index in [2.05, 4.69) is 32.6 Å². The van der Waals surface area contributed by atoms with E-state index in [0.29, 0.717) is 0 Å². The zero-order chi connectivity index (χ0) is 8.91. The van der Waals surface area contributed by atoms with E-state index in [1.54, 1.807) is 0 Å². The van der Waals surface area contributed by atoms with Gasteiger partial charge in [-0.1, -0.05) is 27.7 Å². The Hall–Kier alpha value is -0.0800. The molecule has 0 atom stereocenters. The van der Waals surface area contributed by atoms with Crippen LogP contribution in [0.25, 0.3) is 0 Å². The minimum atomic E-state index is 0.270. The number of hydrogen-bond donors (Lipinski definition) is 1. The van der Waals surface area contributed by atoms with Crippen LogP contribution in [0.5, 0.6) is 0 Å². The Balaban J connectivity index is 3.79. The topological polar surface area (TPSA) is 29.3 Å². The molecule has 0 aromatic rings. The lowest BCUT2D eigenvalue weighted by molar-refractivity contribution is 0.198. The number of nitrogens with zero attached hydrogens (tertiary/aromatic N) is 1. The first-order valence-corrected chi connectivity index (χ1v) is 4.48. The molecule has 0 aliphatic carbocycles. The SMILES string of the molecule is CCN(CC)CC(C)(C)CN. The Morgan fingerprint density at radius 1 is 1.18 bits per heavy atom. The van der Waals surface area contributed by atoms with Crippen molar-refractivity contribution in [2.24, 2.45) is 11.1 Å². The zero-order valence-electron chi connectivity index (χ0n) is 8.35. The average Bonchev–Trinajstić information content (AvgIpc) is 2.00. The standard InChI is InChI=1S/C9H22N2/c1-5-11(6-2)8-9(3,4)7-10/h5-8,10H2,1-4H3. The Morgan fingerprint density at radius 2 is 1.64 bits per heavy atom. The third-order valence-corrected chi connectivity index (χ3v) is 2.10. The molecule has 11 heavy (non-hydrogen) atoms. The van der Waals surface area contributed by atoms with Crippen LogP contribution in [0.3, 0.4) is 0 Å². The van der Waals surface area contributed by atoms with Crippen molar-refractivity contribution in [3.8, 4) is 0 Å². The average molecular weight is 158 g/mol. The second-order valence-corrected chi connectivity index (χ2v) is 3.83. The Bertz CT molecular complexity index is 95.7. The van der Waals surface area contributed by atoms with Gasteiger partial charge in [0.2, 0.25) is 0 Å². The monoisotopic (exact) mass is 158 g/mol. The highest BCUT2D eigenvalue weighted by Gasteiger charge is 2.17. The van der Waals surface area contributed by atoms with Crippen LogP contribution in [-0.2, 0) is 0 Å². The Labute approximate surface area is 70.8 Å². The maximum absolute atomic E-state index is 5.64. The van der Waals surface area contributed by atoms with Crippen molar-refractivity contribution in [1.82, 2.24) is 4.90 Å². The highest BCUT2D eigenvalue weighted by atomic mass is 15.1. The zero-order valence-corrected chi connectivity index (χ0v) is 8.35. The van der Waals surface area contributed by atoms with Crippen LogP contribution in [0.4, 0.5) is 0 Å². The number of nitrogens with two attached hydrogens (primary N) is 1. The summed E-state index contributed by atoms with van der Waals surface area (Å²) in [4.78, 5) is 2.41. The van der Waals surface area contributed by atoms with Gasteiger partial charge in [0.25, 0.3) is 0 Å². The van der Waals surface area contributed by atoms with E-state index < -0.39 is 0 Å². The predicted octanol–water partition coefficient (Wildman–Crippen LogP) is 1.31. The molecule has 2 N–H and O–H groups in total. The summed E-state index contributed by atoms with van der Waals surface area (Å²) in [5, 5.41) is 0. The second-order valence-electron chi connectivity index (χ2n) is 3.83. The summed E-state index contributed by atoms with van der Waals surface area (Å²) >= 11 is 0. The molecule has 0 rings (SSSR count). The molecule has 0 aliphatic heterocycles. The quantitative estimate of drug-likeness (QED) is 0.653. The molecule has 0 amide bonds. The summed E-state index contributed by atoms with van der Waals surface area (Å²) in [6.45, 7) is 12.9. The van der Waals surface area contributed by atoms with E-state index in [1.807, 2.05) is 0 Å². The van der Waals surface area contributed by atoms with Crippen LogP contribution in [0.2, 0.25) is 0 Å². The van der Waals surface area contributed by atoms with Crippen LogP contribution in [0.15, 0.2) is 0 Å². The molecule has 2 heteroatoms. The highest BCUT2D eigenvalue weighted by Crippen LogP contribution is 2.13. The molecule has 0 aliphatic rings. The fourth-order valence-electron chi connectivity index (χ4n) is 1.12. The molecular formula is C9H22N2. The molecule has 68 valence electrons. The van der Waals surface area contributed by atoms with Gasteiger partial charge in [-0.3, -0.25) is 0 Å². The molecule has 0 aromatic heterocycles. The van der Waals surface area contributed by atoms with Gasteiger partial charge in [0.05, 0.1) is 0 Å². The molecule has 0 saturated heterocycles. The number of rotatable bonds is 5. The molecule has 0 saturated carbocycles. The fraction of sp³-hybridized carbons (Fsp3) is 1.00. The molecular weight excluding hydrogens is 136 g/mol. The summed E-state index contributed by atoms with van der Waals surface area (Å²) in [7, 11) is 0. The molecule has 2 nitrogen and oxygen atoms in total. The molecule has 0 bridgehead atoms. The van der Waals surface area contributed by atoms with Gasteiger partial charge in [-0.2, -0.15) is 0 Å². The predicted molar refractivity (Wildman–Crippen MR) is 50.6 cm³/mol. The molecule has 0 spiro atoms.